The Hall–Kier alpha value is -4.23. The summed E-state index contributed by atoms with van der Waals surface area (Å²) in [4.78, 5) is 18.1. The van der Waals surface area contributed by atoms with E-state index in [0.717, 1.165) is 16.5 Å². The molecule has 0 saturated carbocycles. The van der Waals surface area contributed by atoms with Crippen molar-refractivity contribution in [1.29, 1.82) is 5.26 Å². The number of hydrogen-bond acceptors (Lipinski definition) is 7. The van der Waals surface area contributed by atoms with Gasteiger partial charge in [-0.3, -0.25) is 13.9 Å². The number of ether oxygens (including phenoxy) is 1. The number of hydrogen-bond donors (Lipinski definition) is 0. The Morgan fingerprint density at radius 1 is 1.03 bits per heavy atom. The van der Waals surface area contributed by atoms with Gasteiger partial charge in [-0.25, -0.2) is 4.79 Å². The summed E-state index contributed by atoms with van der Waals surface area (Å²) in [6, 6.07) is 5.83. The summed E-state index contributed by atoms with van der Waals surface area (Å²) in [6.45, 7) is 4.05. The van der Waals surface area contributed by atoms with Crippen molar-refractivity contribution in [2.75, 3.05) is 0 Å². The first-order valence-corrected chi connectivity index (χ1v) is 11.9. The topological polar surface area (TPSA) is 117 Å². The predicted octanol–water partition coefficient (Wildman–Crippen LogP) is 3.94. The lowest BCUT2D eigenvalue weighted by atomic mass is 9.98. The fourth-order valence-corrected chi connectivity index (χ4v) is 5.38. The maximum atomic E-state index is 13.6. The van der Waals surface area contributed by atoms with Crippen LogP contribution in [0.15, 0.2) is 46.1 Å². The highest BCUT2D eigenvalue weighted by Crippen LogP contribution is 2.40. The minimum Gasteiger partial charge on any atom is -0.452 e. The molecule has 6 rings (SSSR count). The van der Waals surface area contributed by atoms with E-state index in [1.165, 1.54) is 0 Å². The second kappa shape index (κ2) is 8.17. The molecule has 2 unspecified atom stereocenters. The number of rotatable bonds is 3. The third-order valence-corrected chi connectivity index (χ3v) is 6.82. The first kappa shape index (κ1) is 22.2. The van der Waals surface area contributed by atoms with Gasteiger partial charge in [0.2, 0.25) is 0 Å². The van der Waals surface area contributed by atoms with E-state index in [9.17, 15) is 10.1 Å². The summed E-state index contributed by atoms with van der Waals surface area (Å²) < 4.78 is 17.4. The van der Waals surface area contributed by atoms with Gasteiger partial charge in [0.25, 0.3) is 0 Å². The zero-order valence-electron chi connectivity index (χ0n) is 20.5. The maximum absolute atomic E-state index is 13.6. The molecule has 10 heteroatoms. The molecule has 1 aliphatic rings. The number of benzene rings is 1. The van der Waals surface area contributed by atoms with Crippen LogP contribution in [0.25, 0.3) is 44.5 Å². The van der Waals surface area contributed by atoms with Crippen LogP contribution in [0.1, 0.15) is 38.3 Å². The molecule has 1 aliphatic heterocycles. The van der Waals surface area contributed by atoms with Gasteiger partial charge in [0.1, 0.15) is 16.8 Å². The molecular weight excluding hydrogens is 458 g/mol. The van der Waals surface area contributed by atoms with E-state index in [1.807, 2.05) is 40.2 Å². The average Bonchev–Trinajstić information content (AvgIpc) is 3.55. The fraction of sp³-hybridized carbons (Fsp3) is 0.346. The summed E-state index contributed by atoms with van der Waals surface area (Å²) in [5, 5.41) is 19.2. The van der Waals surface area contributed by atoms with Gasteiger partial charge in [-0.05, 0) is 38.8 Å². The second-order valence-electron chi connectivity index (χ2n) is 9.59. The zero-order valence-corrected chi connectivity index (χ0v) is 20.5. The van der Waals surface area contributed by atoms with E-state index >= 15 is 0 Å². The molecule has 0 aliphatic carbocycles. The zero-order chi connectivity index (χ0) is 25.1. The minimum atomic E-state index is -0.345. The molecule has 0 radical (unpaired) electrons. The lowest BCUT2D eigenvalue weighted by molar-refractivity contribution is -0.0486. The molecule has 0 spiro atoms. The largest absolute Gasteiger partial charge is 0.452 e. The normalized spacial score (nSPS) is 20.2. The Morgan fingerprint density at radius 2 is 1.69 bits per heavy atom. The van der Waals surface area contributed by atoms with Gasteiger partial charge < -0.3 is 9.15 Å². The van der Waals surface area contributed by atoms with Gasteiger partial charge in [-0.15, -0.1) is 0 Å². The lowest BCUT2D eigenvalue weighted by Crippen LogP contribution is -2.36. The van der Waals surface area contributed by atoms with Crippen LogP contribution in [0.2, 0.25) is 0 Å². The highest BCUT2D eigenvalue weighted by molar-refractivity contribution is 6.08. The third kappa shape index (κ3) is 3.51. The molecule has 5 heterocycles. The molecule has 1 aromatic carbocycles. The van der Waals surface area contributed by atoms with E-state index in [4.69, 9.17) is 9.15 Å². The number of aromatic nitrogens is 6. The van der Waals surface area contributed by atoms with Crippen LogP contribution < -0.4 is 5.69 Å². The van der Waals surface area contributed by atoms with Gasteiger partial charge in [0.05, 0.1) is 36.2 Å². The monoisotopic (exact) mass is 483 g/mol. The SMILES string of the molecule is CC1CC(n2c(=O)nc(-c3cnn(C)c3)c3oc4cc(C#N)c(-c5cnn(C)c5)cc4c32)CC(C)O1. The Balaban J connectivity index is 1.71. The van der Waals surface area contributed by atoms with Crippen LogP contribution in [-0.2, 0) is 18.8 Å². The van der Waals surface area contributed by atoms with Crippen molar-refractivity contribution >= 4 is 22.1 Å². The minimum absolute atomic E-state index is 0.00742. The number of nitrogens with zero attached hydrogens (tertiary/aromatic N) is 7. The lowest BCUT2D eigenvalue weighted by Gasteiger charge is -2.33. The van der Waals surface area contributed by atoms with Crippen molar-refractivity contribution in [3.63, 3.8) is 0 Å². The number of fused-ring (bicyclic) bond motifs is 3. The molecular formula is C26H25N7O3. The van der Waals surface area contributed by atoms with E-state index in [0.29, 0.717) is 46.3 Å². The highest BCUT2D eigenvalue weighted by Gasteiger charge is 2.31. The summed E-state index contributed by atoms with van der Waals surface area (Å²) in [7, 11) is 3.64. The molecule has 0 N–H and O–H groups in total. The van der Waals surface area contributed by atoms with Gasteiger partial charge in [0, 0.05) is 54.6 Å². The summed E-state index contributed by atoms with van der Waals surface area (Å²) in [5.74, 6) is 0. The predicted molar refractivity (Wildman–Crippen MR) is 133 cm³/mol. The van der Waals surface area contributed by atoms with Gasteiger partial charge in [-0.1, -0.05) is 0 Å². The Bertz CT molecular complexity index is 1720. The van der Waals surface area contributed by atoms with Crippen LogP contribution in [0.4, 0.5) is 0 Å². The molecule has 182 valence electrons. The third-order valence-electron chi connectivity index (χ3n) is 6.82. The molecule has 1 saturated heterocycles. The van der Waals surface area contributed by atoms with Crippen molar-refractivity contribution in [3.8, 4) is 28.5 Å². The van der Waals surface area contributed by atoms with E-state index in [2.05, 4.69) is 21.3 Å². The van der Waals surface area contributed by atoms with Crippen molar-refractivity contribution in [2.45, 2.75) is 44.9 Å². The van der Waals surface area contributed by atoms with Crippen LogP contribution in [0.3, 0.4) is 0 Å². The van der Waals surface area contributed by atoms with Gasteiger partial charge in [0.15, 0.2) is 5.58 Å². The van der Waals surface area contributed by atoms with Crippen LogP contribution in [0, 0.1) is 11.3 Å². The average molecular weight is 484 g/mol. The Labute approximate surface area is 206 Å². The Kier molecular flexibility index (Phi) is 5.05. The van der Waals surface area contributed by atoms with Gasteiger partial charge >= 0.3 is 5.69 Å². The molecule has 1 fully saturated rings. The first-order valence-electron chi connectivity index (χ1n) is 11.9. The standard InChI is InChI=1S/C26H25N7O3/c1-14-5-19(6-15(2)35-14)33-24-21-8-20(17-10-28-31(3)12-17)16(9-27)7-22(21)36-25(24)23(30-26(33)34)18-11-29-32(4)13-18/h7-8,10-15,19H,5-6H2,1-4H3. The first-order chi connectivity index (χ1) is 17.3. The molecule has 2 atom stereocenters. The molecule has 0 bridgehead atoms. The second-order valence-corrected chi connectivity index (χ2v) is 9.59. The van der Waals surface area contributed by atoms with E-state index in [-0.39, 0.29) is 23.9 Å². The van der Waals surface area contributed by atoms with Crippen LogP contribution in [0.5, 0.6) is 0 Å². The maximum Gasteiger partial charge on any atom is 0.349 e. The highest BCUT2D eigenvalue weighted by atomic mass is 16.5. The summed E-state index contributed by atoms with van der Waals surface area (Å²) in [5.41, 5.74) is 4.48. The van der Waals surface area contributed by atoms with E-state index in [1.54, 1.807) is 38.6 Å². The van der Waals surface area contributed by atoms with Crippen LogP contribution >= 0.6 is 0 Å². The van der Waals surface area contributed by atoms with Crippen LogP contribution in [-0.4, -0.2) is 41.3 Å². The molecule has 36 heavy (non-hydrogen) atoms. The smallest absolute Gasteiger partial charge is 0.349 e. The van der Waals surface area contributed by atoms with Crippen molar-refractivity contribution in [1.82, 2.24) is 29.1 Å². The molecule has 5 aromatic rings. The number of furan rings is 1. The number of aryl methyl sites for hydroxylation is 2. The molecule has 10 nitrogen and oxygen atoms in total. The Morgan fingerprint density at radius 3 is 2.31 bits per heavy atom. The molecule has 4 aromatic heterocycles. The van der Waals surface area contributed by atoms with Crippen molar-refractivity contribution in [3.05, 3.63) is 53.0 Å². The quantitative estimate of drug-likeness (QED) is 0.381. The van der Waals surface area contributed by atoms with Crippen molar-refractivity contribution < 1.29 is 9.15 Å². The number of nitriles is 1. The van der Waals surface area contributed by atoms with E-state index < -0.39 is 0 Å². The van der Waals surface area contributed by atoms with Crippen molar-refractivity contribution in [2.24, 2.45) is 14.1 Å². The molecule has 0 amide bonds. The summed E-state index contributed by atoms with van der Waals surface area (Å²) in [6.07, 6.45) is 8.44. The fourth-order valence-electron chi connectivity index (χ4n) is 5.38. The summed E-state index contributed by atoms with van der Waals surface area (Å²) >= 11 is 0. The van der Waals surface area contributed by atoms with Gasteiger partial charge in [-0.2, -0.15) is 20.4 Å².